The van der Waals surface area contributed by atoms with Gasteiger partial charge < -0.3 is 36.0 Å². The molecule has 0 aromatic carbocycles. The van der Waals surface area contributed by atoms with Crippen LogP contribution in [0.5, 0.6) is 0 Å². The van der Waals surface area contributed by atoms with Crippen LogP contribution in [-0.2, 0) is 17.1 Å². The van der Waals surface area contributed by atoms with Gasteiger partial charge in [0, 0.05) is 8.07 Å². The molecular weight excluding hydrogens is 351 g/mol. The van der Waals surface area contributed by atoms with Crippen molar-refractivity contribution >= 4 is 31.1 Å². The smallest absolute Gasteiger partial charge is 1.00 e. The van der Waals surface area contributed by atoms with Crippen molar-refractivity contribution in [2.45, 2.75) is 51.9 Å². The fraction of sp³-hybridized carbons (Fsp3) is 0.800. The minimum atomic E-state index is -0.932. The van der Waals surface area contributed by atoms with E-state index in [4.69, 9.17) is 6.58 Å². The van der Waals surface area contributed by atoms with E-state index in [1.807, 2.05) is 0 Å². The molecule has 0 unspecified atom stereocenters. The van der Waals surface area contributed by atoms with Gasteiger partial charge in [-0.3, -0.25) is 5.57 Å². The van der Waals surface area contributed by atoms with Crippen LogP contribution in [0.3, 0.4) is 0 Å². The van der Waals surface area contributed by atoms with Crippen molar-refractivity contribution in [1.82, 2.24) is 0 Å². The largest absolute Gasteiger partial charge is 2.00 e. The maximum atomic E-state index is 5.90. The predicted molar refractivity (Wildman–Crippen MR) is 61.2 cm³/mol. The average Bonchev–Trinajstić information content (AvgIpc) is 1.79. The average molecular weight is 373 g/mol. The van der Waals surface area contributed by atoms with Crippen molar-refractivity contribution in [2.24, 2.45) is 0 Å². The SMILES string of the molecule is [Br-].[CH-]=C(CCCC)C[Si](C)(C)C.[Cl-].[Cu+].[Mg+2]. The van der Waals surface area contributed by atoms with Crippen LogP contribution in [0, 0.1) is 6.58 Å². The summed E-state index contributed by atoms with van der Waals surface area (Å²) in [5.41, 5.74) is 1.23. The normalized spacial score (nSPS) is 8.53. The molecule has 0 atom stereocenters. The number of unbranched alkanes of at least 4 members (excludes halogenated alkanes) is 1. The summed E-state index contributed by atoms with van der Waals surface area (Å²) in [6, 6.07) is 1.20. The Morgan fingerprint density at radius 2 is 1.60 bits per heavy atom. The molecule has 0 saturated heterocycles. The standard InChI is InChI=1S/C10H21Si.BrH.ClH.Cu.Mg/c1-6-7-8-10(2)9-11(3,4)5;;;;/h2H,6-9H2,1,3-5H3;2*1H;;/q-1;;;+1;+2/p-2. The molecule has 0 aliphatic rings. The van der Waals surface area contributed by atoms with E-state index in [1.54, 1.807) is 0 Å². The zero-order chi connectivity index (χ0) is 8.91. The number of rotatable bonds is 5. The zero-order valence-electron chi connectivity index (χ0n) is 10.2. The molecule has 0 spiro atoms. The number of hydrogen-bond acceptors (Lipinski definition) is 0. The molecule has 0 rings (SSSR count). The molecule has 0 bridgehead atoms. The summed E-state index contributed by atoms with van der Waals surface area (Å²) in [4.78, 5) is 0. The molecule has 15 heavy (non-hydrogen) atoms. The van der Waals surface area contributed by atoms with Crippen LogP contribution in [-0.4, -0.2) is 31.1 Å². The third kappa shape index (κ3) is 25.9. The van der Waals surface area contributed by atoms with Gasteiger partial charge in [0.25, 0.3) is 0 Å². The summed E-state index contributed by atoms with van der Waals surface area (Å²) in [5, 5.41) is 0. The summed E-state index contributed by atoms with van der Waals surface area (Å²) in [5.74, 6) is 0. The summed E-state index contributed by atoms with van der Waals surface area (Å²) < 4.78 is 0. The van der Waals surface area contributed by atoms with E-state index in [0.717, 1.165) is 6.42 Å². The van der Waals surface area contributed by atoms with Crippen LogP contribution in [0.4, 0.5) is 0 Å². The zero-order valence-corrected chi connectivity index (χ0v) is 15.9. The van der Waals surface area contributed by atoms with E-state index >= 15 is 0 Å². The maximum absolute atomic E-state index is 5.90. The topological polar surface area (TPSA) is 0 Å². The fourth-order valence-electron chi connectivity index (χ4n) is 1.17. The van der Waals surface area contributed by atoms with Gasteiger partial charge in [0.2, 0.25) is 0 Å². The summed E-state index contributed by atoms with van der Waals surface area (Å²) in [7, 11) is -0.932. The Morgan fingerprint density at radius 1 is 1.20 bits per heavy atom. The molecule has 5 heteroatoms. The molecule has 0 amide bonds. The molecule has 0 nitrogen and oxygen atoms in total. The second-order valence-electron chi connectivity index (χ2n) is 4.50. The third-order valence-electron chi connectivity index (χ3n) is 1.61. The van der Waals surface area contributed by atoms with E-state index in [-0.39, 0.29) is 69.5 Å². The van der Waals surface area contributed by atoms with Crippen molar-refractivity contribution in [3.8, 4) is 0 Å². The third-order valence-corrected chi connectivity index (χ3v) is 3.12. The molecule has 0 heterocycles. The van der Waals surface area contributed by atoms with Crippen molar-refractivity contribution in [2.75, 3.05) is 0 Å². The Morgan fingerprint density at radius 3 is 1.87 bits per heavy atom. The molecule has 0 aliphatic carbocycles. The molecule has 0 radical (unpaired) electrons. The minimum absolute atomic E-state index is 0. The van der Waals surface area contributed by atoms with Crippen LogP contribution in [0.25, 0.3) is 0 Å². The van der Waals surface area contributed by atoms with Crippen molar-refractivity contribution in [3.05, 3.63) is 12.2 Å². The second-order valence-corrected chi connectivity index (χ2v) is 9.97. The Bertz CT molecular complexity index is 140. The van der Waals surface area contributed by atoms with Gasteiger partial charge in [0.1, 0.15) is 0 Å². The van der Waals surface area contributed by atoms with Crippen LogP contribution in [0.1, 0.15) is 26.2 Å². The number of allylic oxidation sites excluding steroid dienone is 1. The molecule has 0 fully saturated rings. The Labute approximate surface area is 140 Å². The molecule has 0 N–H and O–H groups in total. The molecule has 0 aliphatic heterocycles. The van der Waals surface area contributed by atoms with Crippen LogP contribution >= 0.6 is 0 Å². The molecule has 0 aromatic heterocycles. The van der Waals surface area contributed by atoms with E-state index in [9.17, 15) is 0 Å². The first-order valence-electron chi connectivity index (χ1n) is 4.56. The summed E-state index contributed by atoms with van der Waals surface area (Å²) >= 11 is 0. The minimum Gasteiger partial charge on any atom is -1.00 e. The van der Waals surface area contributed by atoms with Gasteiger partial charge in [-0.1, -0.05) is 51.9 Å². The fourth-order valence-corrected chi connectivity index (χ4v) is 2.71. The van der Waals surface area contributed by atoms with E-state index in [1.165, 1.54) is 24.5 Å². The summed E-state index contributed by atoms with van der Waals surface area (Å²) in [6.45, 7) is 15.2. The quantitative estimate of drug-likeness (QED) is 0.370. The van der Waals surface area contributed by atoms with E-state index in [0.29, 0.717) is 0 Å². The second kappa shape index (κ2) is 16.0. The van der Waals surface area contributed by atoms with Gasteiger partial charge in [0.15, 0.2) is 0 Å². The van der Waals surface area contributed by atoms with Crippen LogP contribution in [0.15, 0.2) is 5.57 Å². The van der Waals surface area contributed by atoms with Crippen molar-refractivity contribution in [3.63, 3.8) is 0 Å². The Hall–Kier alpha value is 2.01. The van der Waals surface area contributed by atoms with Crippen LogP contribution < -0.4 is 29.4 Å². The maximum Gasteiger partial charge on any atom is 2.00 e. The van der Waals surface area contributed by atoms with Gasteiger partial charge in [-0.2, -0.15) is 0 Å². The van der Waals surface area contributed by atoms with E-state index in [2.05, 4.69) is 26.6 Å². The molecule has 92 valence electrons. The van der Waals surface area contributed by atoms with Crippen molar-refractivity contribution < 1.29 is 46.5 Å². The first kappa shape index (κ1) is 30.2. The van der Waals surface area contributed by atoms with Crippen molar-refractivity contribution in [1.29, 1.82) is 0 Å². The van der Waals surface area contributed by atoms with Gasteiger partial charge in [0.05, 0.1) is 0 Å². The van der Waals surface area contributed by atoms with Gasteiger partial charge >= 0.3 is 40.1 Å². The van der Waals surface area contributed by atoms with Gasteiger partial charge in [-0.05, 0) is 0 Å². The first-order valence-corrected chi connectivity index (χ1v) is 8.26. The monoisotopic (exact) mass is 370 g/mol. The van der Waals surface area contributed by atoms with Gasteiger partial charge in [-0.25, -0.2) is 0 Å². The summed E-state index contributed by atoms with van der Waals surface area (Å²) in [6.07, 6.45) is 3.66. The number of hydrogen-bond donors (Lipinski definition) is 0. The predicted octanol–water partition coefficient (Wildman–Crippen LogP) is -2.50. The molecular formula is C10H21BrClCuMgSi. The molecule has 0 saturated carbocycles. The molecule has 0 aromatic rings. The number of halogens is 2. The Balaban J connectivity index is -0.0000000833. The van der Waals surface area contributed by atoms with Gasteiger partial charge in [-0.15, -0.1) is 0 Å². The van der Waals surface area contributed by atoms with E-state index < -0.39 is 8.07 Å². The Kier molecular flexibility index (Phi) is 32.3. The van der Waals surface area contributed by atoms with Crippen LogP contribution in [0.2, 0.25) is 25.7 Å². The first-order chi connectivity index (χ1) is 4.95.